The van der Waals surface area contributed by atoms with Gasteiger partial charge in [0.25, 0.3) is 0 Å². The maximum atomic E-state index is 14.3. The van der Waals surface area contributed by atoms with Gasteiger partial charge in [0.05, 0.1) is 27.7 Å². The van der Waals surface area contributed by atoms with Gasteiger partial charge in [-0.2, -0.15) is 18.0 Å². The molecule has 2 saturated heterocycles. The Labute approximate surface area is 359 Å². The highest BCUT2D eigenvalue weighted by Crippen LogP contribution is 2.50. The lowest BCUT2D eigenvalue weighted by molar-refractivity contribution is -0.139. The minimum atomic E-state index is -4.18. The number of aliphatic carboxylic acids is 1. The van der Waals surface area contributed by atoms with Crippen LogP contribution in [0.25, 0.3) is 0 Å². The summed E-state index contributed by atoms with van der Waals surface area (Å²) < 4.78 is 101. The molecule has 2 aliphatic rings. The van der Waals surface area contributed by atoms with Crippen LogP contribution in [0.4, 0.5) is 0 Å². The summed E-state index contributed by atoms with van der Waals surface area (Å²) in [4.78, 5) is 11.8. The van der Waals surface area contributed by atoms with Crippen LogP contribution in [-0.4, -0.2) is 105 Å². The van der Waals surface area contributed by atoms with Crippen molar-refractivity contribution in [2.75, 3.05) is 39.8 Å². The number of carboxylic acid groups (broad SMARTS) is 1. The van der Waals surface area contributed by atoms with Crippen LogP contribution in [-0.2, 0) is 53.2 Å². The smallest absolute Gasteiger partial charge is 0.341 e. The normalized spacial score (nSPS) is 20.9. The molecule has 61 heavy (non-hydrogen) atoms. The van der Waals surface area contributed by atoms with E-state index >= 15 is 0 Å². The molecule has 0 amide bonds. The van der Waals surface area contributed by atoms with Gasteiger partial charge in [-0.15, -0.1) is 0 Å². The minimum absolute atomic E-state index is 0.0674. The van der Waals surface area contributed by atoms with Crippen LogP contribution in [0.1, 0.15) is 68.0 Å². The number of carboxylic acids is 1. The van der Waals surface area contributed by atoms with E-state index in [0.29, 0.717) is 24.1 Å². The number of hydrogen-bond acceptors (Lipinski definition) is 10. The van der Waals surface area contributed by atoms with Crippen LogP contribution in [0.2, 0.25) is 0 Å². The van der Waals surface area contributed by atoms with Gasteiger partial charge in [0.1, 0.15) is 10.6 Å². The molecule has 0 bridgehead atoms. The highest BCUT2D eigenvalue weighted by molar-refractivity contribution is 7.89. The van der Waals surface area contributed by atoms with Crippen molar-refractivity contribution in [1.82, 2.24) is 22.7 Å². The van der Waals surface area contributed by atoms with E-state index < -0.39 is 54.9 Å². The number of hydrogen-bond donors (Lipinski definition) is 1. The molecular weight excluding hydrogens is 843 g/mol. The molecule has 0 saturated carbocycles. The number of piperazine rings is 1. The Hall–Kier alpha value is -4.43. The van der Waals surface area contributed by atoms with Crippen LogP contribution in [0.5, 0.6) is 5.75 Å². The van der Waals surface area contributed by atoms with Crippen molar-refractivity contribution < 1.29 is 44.6 Å². The van der Waals surface area contributed by atoms with Crippen molar-refractivity contribution in [3.63, 3.8) is 0 Å². The number of sulfonamides is 3. The first-order chi connectivity index (χ1) is 28.7. The second kappa shape index (κ2) is 18.5. The number of aromatic nitrogens is 2. The summed E-state index contributed by atoms with van der Waals surface area (Å²) >= 11 is 0. The molecule has 1 aromatic heterocycles. The monoisotopic (exact) mass is 897 g/mol. The zero-order valence-electron chi connectivity index (χ0n) is 35.3. The molecule has 0 spiro atoms. The van der Waals surface area contributed by atoms with Gasteiger partial charge in [-0.3, -0.25) is 4.68 Å². The molecule has 0 aliphatic carbocycles. The number of ether oxygens (including phenoxy) is 2. The van der Waals surface area contributed by atoms with Gasteiger partial charge in [-0.05, 0) is 74.1 Å². The third-order valence-corrected chi connectivity index (χ3v) is 17.0. The maximum Gasteiger partial charge on any atom is 0.341 e. The van der Waals surface area contributed by atoms with Gasteiger partial charge in [-0.1, -0.05) is 68.5 Å². The van der Waals surface area contributed by atoms with Crippen molar-refractivity contribution >= 4 is 36.0 Å². The van der Waals surface area contributed by atoms with E-state index in [0.717, 1.165) is 16.7 Å². The van der Waals surface area contributed by atoms with E-state index in [1.165, 1.54) is 42.0 Å². The lowest BCUT2D eigenvalue weighted by Crippen LogP contribution is -2.50. The minimum Gasteiger partial charge on any atom is -0.482 e. The van der Waals surface area contributed by atoms with E-state index in [2.05, 4.69) is 25.5 Å². The first-order valence-corrected chi connectivity index (χ1v) is 24.4. The Morgan fingerprint density at radius 3 is 2.10 bits per heavy atom. The Kier molecular flexibility index (Phi) is 14.0. The van der Waals surface area contributed by atoms with Gasteiger partial charge in [0.15, 0.2) is 6.61 Å². The molecule has 3 heterocycles. The van der Waals surface area contributed by atoms with Crippen LogP contribution in [0, 0.1) is 18.8 Å². The molecular formula is C43H55N5O10S3. The van der Waals surface area contributed by atoms with E-state index in [9.17, 15) is 35.2 Å². The third-order valence-electron chi connectivity index (χ3n) is 11.3. The number of rotatable bonds is 16. The van der Waals surface area contributed by atoms with E-state index in [1.54, 1.807) is 33.2 Å². The van der Waals surface area contributed by atoms with E-state index in [4.69, 9.17) is 9.47 Å². The highest BCUT2D eigenvalue weighted by Gasteiger charge is 2.42. The fraction of sp³-hybridized carbons (Fsp3) is 0.442. The standard InChI is InChI=1S/C43H55N5O10S3/c1-29(2)23-40-37(33-13-15-34(16-14-33)59(51,52)46(7)26-32-11-9-8-10-12-32)25-36(30(3)4)43(58-40)38-24-35(17-18-39(38)57-28-42(49)50)60(53,54)47-19-21-48(22-20-47)61(55,56)41-27-45(6)44-31(41)5/h8-18,24,27,29,36-37,40,43H,3,19-23,25-26,28H2,1-2,4-7H3,(H,49,50)/t36-,37-,40+,43+/m0/s1. The number of carbonyl (C=O) groups is 1. The van der Waals surface area contributed by atoms with Crippen LogP contribution in [0.15, 0.2) is 106 Å². The van der Waals surface area contributed by atoms with Gasteiger partial charge in [0, 0.05) is 70.4 Å². The van der Waals surface area contributed by atoms with Gasteiger partial charge in [-0.25, -0.2) is 30.0 Å². The highest BCUT2D eigenvalue weighted by atomic mass is 32.2. The van der Waals surface area contributed by atoms with Crippen molar-refractivity contribution in [2.24, 2.45) is 18.9 Å². The molecule has 330 valence electrons. The Bertz CT molecular complexity index is 2560. The average Bonchev–Trinajstić information content (AvgIpc) is 3.57. The molecule has 2 fully saturated rings. The quantitative estimate of drug-likeness (QED) is 0.139. The largest absolute Gasteiger partial charge is 0.482 e. The predicted octanol–water partition coefficient (Wildman–Crippen LogP) is 5.56. The third kappa shape index (κ3) is 10.1. The fourth-order valence-electron chi connectivity index (χ4n) is 8.15. The first-order valence-electron chi connectivity index (χ1n) is 20.1. The molecule has 18 heteroatoms. The lowest BCUT2D eigenvalue weighted by Gasteiger charge is -2.44. The van der Waals surface area contributed by atoms with Gasteiger partial charge < -0.3 is 14.6 Å². The molecule has 1 N–H and O–H groups in total. The zero-order chi connectivity index (χ0) is 44.4. The molecule has 0 radical (unpaired) electrons. The average molecular weight is 898 g/mol. The zero-order valence-corrected chi connectivity index (χ0v) is 37.8. The second-order valence-electron chi connectivity index (χ2n) is 16.3. The van der Waals surface area contributed by atoms with Crippen LogP contribution in [0.3, 0.4) is 0 Å². The Morgan fingerprint density at radius 2 is 1.54 bits per heavy atom. The fourth-order valence-corrected chi connectivity index (χ4v) is 12.4. The van der Waals surface area contributed by atoms with Crippen molar-refractivity contribution in [2.45, 2.75) is 79.9 Å². The van der Waals surface area contributed by atoms with Gasteiger partial charge in [0.2, 0.25) is 30.1 Å². The number of nitrogens with zero attached hydrogens (tertiary/aromatic N) is 5. The Morgan fingerprint density at radius 1 is 0.934 bits per heavy atom. The maximum absolute atomic E-state index is 14.3. The Balaban J connectivity index is 1.29. The second-order valence-corrected chi connectivity index (χ2v) is 22.2. The van der Waals surface area contributed by atoms with Crippen molar-refractivity contribution in [1.29, 1.82) is 0 Å². The van der Waals surface area contributed by atoms with Crippen molar-refractivity contribution in [3.05, 3.63) is 114 Å². The predicted molar refractivity (Wildman–Crippen MR) is 229 cm³/mol. The SMILES string of the molecule is C=C(C)[C@@H]1C[C@@H](c2ccc(S(=O)(=O)N(C)Cc3ccccc3)cc2)[C@@H](CC(C)C)O[C@H]1c1cc(S(=O)(=O)N2CCN(S(=O)(=O)c3cn(C)nc3C)CC2)ccc1OCC(=O)O. The van der Waals surface area contributed by atoms with Crippen LogP contribution >= 0.6 is 0 Å². The first kappa shape index (κ1) is 46.1. The molecule has 2 aliphatic heterocycles. The van der Waals surface area contributed by atoms with Crippen molar-refractivity contribution in [3.8, 4) is 5.75 Å². The molecule has 6 rings (SSSR count). The topological polar surface area (TPSA) is 186 Å². The van der Waals surface area contributed by atoms with E-state index in [-0.39, 0.29) is 70.9 Å². The molecule has 4 atom stereocenters. The summed E-state index contributed by atoms with van der Waals surface area (Å²) in [6.45, 7) is 11.1. The lowest BCUT2D eigenvalue weighted by atomic mass is 9.74. The summed E-state index contributed by atoms with van der Waals surface area (Å²) in [7, 11) is -8.71. The summed E-state index contributed by atoms with van der Waals surface area (Å²) in [5.74, 6) is -1.47. The molecule has 0 unspecified atom stereocenters. The summed E-state index contributed by atoms with van der Waals surface area (Å²) in [6.07, 6.45) is 1.36. The van der Waals surface area contributed by atoms with Crippen LogP contribution < -0.4 is 4.74 Å². The number of aryl methyl sites for hydroxylation is 2. The molecule has 3 aromatic carbocycles. The van der Waals surface area contributed by atoms with E-state index in [1.807, 2.05) is 49.4 Å². The van der Waals surface area contributed by atoms with Gasteiger partial charge >= 0.3 is 5.97 Å². The summed E-state index contributed by atoms with van der Waals surface area (Å²) in [6, 6.07) is 20.5. The summed E-state index contributed by atoms with van der Waals surface area (Å²) in [5.41, 5.74) is 3.18. The number of benzene rings is 3. The molecule has 15 nitrogen and oxygen atoms in total. The molecule has 4 aromatic rings. The summed E-state index contributed by atoms with van der Waals surface area (Å²) in [5, 5.41) is 13.7.